The molecule has 0 aromatic rings. The average molecular weight is 616 g/mol. The lowest BCUT2D eigenvalue weighted by Crippen LogP contribution is -2.50. The molecule has 0 aliphatic rings. The standard InChI is InChI=1S/C35H77N5O3/c1-8-10-11-12-13-14-15-16-17-18-30(5)26-40(7)34(21-29(3)4)24-36-19-20-38-33(28-42)23-39-32(27-41)22-37-25-35(43)31(6)9-2/h29-39,41-43H,8-28H2,1-7H3. The van der Waals surface area contributed by atoms with Crippen LogP contribution in [0.25, 0.3) is 0 Å². The molecule has 8 heteroatoms. The number of nitrogens with one attached hydrogen (secondary N) is 4. The maximum absolute atomic E-state index is 10.1. The third kappa shape index (κ3) is 24.6. The van der Waals surface area contributed by atoms with E-state index < -0.39 is 0 Å². The number of likely N-dealkylation sites (N-methyl/N-ethyl adjacent to an activating group) is 1. The molecule has 6 atom stereocenters. The Bertz CT molecular complexity index is 586. The summed E-state index contributed by atoms with van der Waals surface area (Å²) in [5.74, 6) is 1.65. The molecule has 0 rings (SSSR count). The fraction of sp³-hybridized carbons (Fsp3) is 1.00. The summed E-state index contributed by atoms with van der Waals surface area (Å²) in [5, 5.41) is 43.4. The lowest BCUT2D eigenvalue weighted by molar-refractivity contribution is 0.111. The molecule has 0 saturated carbocycles. The van der Waals surface area contributed by atoms with Gasteiger partial charge in [0.15, 0.2) is 0 Å². The molecule has 0 spiro atoms. The van der Waals surface area contributed by atoms with Gasteiger partial charge in [-0.3, -0.25) is 0 Å². The quantitative estimate of drug-likeness (QED) is 0.0559. The highest BCUT2D eigenvalue weighted by molar-refractivity contribution is 4.78. The topological polar surface area (TPSA) is 112 Å². The van der Waals surface area contributed by atoms with Gasteiger partial charge in [0, 0.05) is 63.9 Å². The zero-order chi connectivity index (χ0) is 32.3. The number of rotatable bonds is 32. The van der Waals surface area contributed by atoms with E-state index in [4.69, 9.17) is 0 Å². The summed E-state index contributed by atoms with van der Waals surface area (Å²) >= 11 is 0. The Morgan fingerprint density at radius 2 is 1.28 bits per heavy atom. The molecule has 0 saturated heterocycles. The van der Waals surface area contributed by atoms with Crippen LogP contribution in [0.4, 0.5) is 0 Å². The molecular weight excluding hydrogens is 538 g/mol. The fourth-order valence-electron chi connectivity index (χ4n) is 5.72. The van der Waals surface area contributed by atoms with Crippen molar-refractivity contribution in [3.63, 3.8) is 0 Å². The summed E-state index contributed by atoms with van der Waals surface area (Å²) in [6.07, 6.45) is 15.6. The van der Waals surface area contributed by atoms with Gasteiger partial charge in [0.25, 0.3) is 0 Å². The van der Waals surface area contributed by atoms with Crippen molar-refractivity contribution in [3.05, 3.63) is 0 Å². The molecule has 0 radical (unpaired) electrons. The first kappa shape index (κ1) is 42.7. The maximum Gasteiger partial charge on any atom is 0.0689 e. The molecule has 0 aliphatic carbocycles. The zero-order valence-corrected chi connectivity index (χ0v) is 29.7. The smallest absolute Gasteiger partial charge is 0.0689 e. The van der Waals surface area contributed by atoms with Gasteiger partial charge in [0.05, 0.1) is 19.3 Å². The van der Waals surface area contributed by atoms with Crippen LogP contribution in [0, 0.1) is 17.8 Å². The highest BCUT2D eigenvalue weighted by Gasteiger charge is 2.19. The van der Waals surface area contributed by atoms with E-state index in [0.29, 0.717) is 31.6 Å². The molecule has 0 amide bonds. The summed E-state index contributed by atoms with van der Waals surface area (Å²) in [6, 6.07) is 0.336. The molecule has 0 fully saturated rings. The average Bonchev–Trinajstić information content (AvgIpc) is 2.98. The van der Waals surface area contributed by atoms with Gasteiger partial charge in [-0.1, -0.05) is 106 Å². The van der Waals surface area contributed by atoms with Crippen LogP contribution < -0.4 is 21.3 Å². The fourth-order valence-corrected chi connectivity index (χ4v) is 5.72. The number of hydrogen-bond acceptors (Lipinski definition) is 8. The first-order valence-corrected chi connectivity index (χ1v) is 18.2. The van der Waals surface area contributed by atoms with Crippen molar-refractivity contribution < 1.29 is 15.3 Å². The Kier molecular flexibility index (Phi) is 28.9. The van der Waals surface area contributed by atoms with E-state index >= 15 is 0 Å². The SMILES string of the molecule is CCCCCCCCCCCC(C)CN(C)C(CNCCNC(CO)CNC(CO)CNCC(O)C(C)CC)CC(C)C. The van der Waals surface area contributed by atoms with Crippen molar-refractivity contribution in [1.82, 2.24) is 26.2 Å². The summed E-state index contributed by atoms with van der Waals surface area (Å²) in [4.78, 5) is 2.57. The van der Waals surface area contributed by atoms with Crippen molar-refractivity contribution in [1.29, 1.82) is 0 Å². The van der Waals surface area contributed by atoms with Crippen LogP contribution in [0.3, 0.4) is 0 Å². The van der Waals surface area contributed by atoms with Crippen LogP contribution in [0.5, 0.6) is 0 Å². The Balaban J connectivity index is 4.25. The monoisotopic (exact) mass is 616 g/mol. The molecule has 7 N–H and O–H groups in total. The van der Waals surface area contributed by atoms with E-state index in [0.717, 1.165) is 38.5 Å². The number of aliphatic hydroxyl groups excluding tert-OH is 3. The summed E-state index contributed by atoms with van der Waals surface area (Å²) in [6.45, 7) is 18.9. The van der Waals surface area contributed by atoms with Crippen LogP contribution in [0.2, 0.25) is 0 Å². The first-order chi connectivity index (χ1) is 20.7. The molecule has 0 heterocycles. The highest BCUT2D eigenvalue weighted by Crippen LogP contribution is 2.17. The summed E-state index contributed by atoms with van der Waals surface area (Å²) < 4.78 is 0. The molecule has 43 heavy (non-hydrogen) atoms. The van der Waals surface area contributed by atoms with E-state index in [1.54, 1.807) is 0 Å². The number of aliphatic hydroxyl groups is 3. The second kappa shape index (κ2) is 29.1. The molecule has 0 aliphatic heterocycles. The lowest BCUT2D eigenvalue weighted by Gasteiger charge is -2.32. The molecule has 0 bridgehead atoms. The van der Waals surface area contributed by atoms with Crippen molar-refractivity contribution in [2.24, 2.45) is 17.8 Å². The maximum atomic E-state index is 10.1. The molecule has 8 nitrogen and oxygen atoms in total. The van der Waals surface area contributed by atoms with E-state index in [1.165, 1.54) is 70.6 Å². The van der Waals surface area contributed by atoms with E-state index in [-0.39, 0.29) is 37.3 Å². The lowest BCUT2D eigenvalue weighted by atomic mass is 9.98. The van der Waals surface area contributed by atoms with E-state index in [1.807, 2.05) is 6.92 Å². The third-order valence-electron chi connectivity index (χ3n) is 9.02. The van der Waals surface area contributed by atoms with Gasteiger partial charge in [0.1, 0.15) is 0 Å². The van der Waals surface area contributed by atoms with Gasteiger partial charge in [-0.2, -0.15) is 0 Å². The van der Waals surface area contributed by atoms with Crippen molar-refractivity contribution >= 4 is 0 Å². The van der Waals surface area contributed by atoms with Crippen molar-refractivity contribution in [2.45, 2.75) is 143 Å². The Labute approximate surface area is 267 Å². The predicted molar refractivity (Wildman–Crippen MR) is 186 cm³/mol. The molecule has 0 aromatic carbocycles. The summed E-state index contributed by atoms with van der Waals surface area (Å²) in [7, 11) is 2.30. The molecule has 0 aromatic heterocycles. The Hall–Kier alpha value is -0.320. The van der Waals surface area contributed by atoms with Crippen LogP contribution in [-0.2, 0) is 0 Å². The van der Waals surface area contributed by atoms with E-state index in [2.05, 4.69) is 67.8 Å². The normalized spacial score (nSPS) is 16.5. The molecule has 260 valence electrons. The number of nitrogens with zero attached hydrogens (tertiary/aromatic N) is 1. The highest BCUT2D eigenvalue weighted by atomic mass is 16.3. The van der Waals surface area contributed by atoms with Crippen LogP contribution in [0.1, 0.15) is 119 Å². The molecular formula is C35H77N5O3. The second-order valence-electron chi connectivity index (χ2n) is 13.9. The first-order valence-electron chi connectivity index (χ1n) is 18.2. The minimum atomic E-state index is -0.378. The minimum absolute atomic E-state index is 0.00863. The Morgan fingerprint density at radius 1 is 0.674 bits per heavy atom. The van der Waals surface area contributed by atoms with Gasteiger partial charge in [-0.25, -0.2) is 0 Å². The van der Waals surface area contributed by atoms with Gasteiger partial charge >= 0.3 is 0 Å². The van der Waals surface area contributed by atoms with Crippen molar-refractivity contribution in [3.8, 4) is 0 Å². The molecule has 6 unspecified atom stereocenters. The van der Waals surface area contributed by atoms with Crippen LogP contribution >= 0.6 is 0 Å². The van der Waals surface area contributed by atoms with Gasteiger partial charge in [-0.15, -0.1) is 0 Å². The van der Waals surface area contributed by atoms with Gasteiger partial charge < -0.3 is 41.5 Å². The van der Waals surface area contributed by atoms with Gasteiger partial charge in [0.2, 0.25) is 0 Å². The van der Waals surface area contributed by atoms with Crippen LogP contribution in [0.15, 0.2) is 0 Å². The van der Waals surface area contributed by atoms with Crippen molar-refractivity contribution in [2.75, 3.05) is 66.1 Å². The zero-order valence-electron chi connectivity index (χ0n) is 29.7. The number of hydrogen-bond donors (Lipinski definition) is 7. The Morgan fingerprint density at radius 3 is 1.86 bits per heavy atom. The predicted octanol–water partition coefficient (Wildman–Crippen LogP) is 4.38. The minimum Gasteiger partial charge on any atom is -0.395 e. The van der Waals surface area contributed by atoms with E-state index in [9.17, 15) is 15.3 Å². The number of unbranched alkanes of at least 4 members (excludes halogenated alkanes) is 8. The second-order valence-corrected chi connectivity index (χ2v) is 13.9. The van der Waals surface area contributed by atoms with Crippen LogP contribution in [-0.4, -0.2) is 111 Å². The third-order valence-corrected chi connectivity index (χ3v) is 9.02. The summed E-state index contributed by atoms with van der Waals surface area (Å²) in [5.41, 5.74) is 0. The van der Waals surface area contributed by atoms with Gasteiger partial charge in [-0.05, 0) is 37.6 Å². The largest absolute Gasteiger partial charge is 0.395 e.